The maximum Gasteiger partial charge on any atom is 0.163 e. The predicted molar refractivity (Wildman–Crippen MR) is 85.1 cm³/mol. The summed E-state index contributed by atoms with van der Waals surface area (Å²) in [7, 11) is -1.05. The van der Waals surface area contributed by atoms with E-state index in [1.165, 1.54) is 0 Å². The van der Waals surface area contributed by atoms with Crippen molar-refractivity contribution in [2.75, 3.05) is 6.61 Å². The minimum atomic E-state index is -1.05. The lowest BCUT2D eigenvalue weighted by molar-refractivity contribution is 0.0868. The summed E-state index contributed by atoms with van der Waals surface area (Å²) in [5.74, 6) is 0.762. The monoisotopic (exact) mass is 354 g/mol. The quantitative estimate of drug-likeness (QED) is 0.589. The summed E-state index contributed by atoms with van der Waals surface area (Å²) in [6, 6.07) is 1.15. The van der Waals surface area contributed by atoms with E-state index in [2.05, 4.69) is 50.5 Å². The number of halogens is 1. The molecule has 0 unspecified atom stereocenters. The molecule has 0 N–H and O–H groups in total. The van der Waals surface area contributed by atoms with Crippen LogP contribution < -0.4 is 0 Å². The molecule has 0 spiro atoms. The normalized spacial score (nSPS) is 11.8. The predicted octanol–water partition coefficient (Wildman–Crippen LogP) is 3.41. The Bertz CT molecular complexity index is 553. The fraction of sp³-hybridized carbons (Fsp3) is 0.462. The average Bonchev–Trinajstić information content (AvgIpc) is 2.76. The van der Waals surface area contributed by atoms with Gasteiger partial charge in [-0.05, 0) is 22.0 Å². The van der Waals surface area contributed by atoms with Crippen LogP contribution in [0.2, 0.25) is 25.7 Å². The number of hydrogen-bond donors (Lipinski definition) is 0. The summed E-state index contributed by atoms with van der Waals surface area (Å²) in [4.78, 5) is 12.7. The third-order valence-corrected chi connectivity index (χ3v) is 5.15. The van der Waals surface area contributed by atoms with Crippen molar-refractivity contribution in [3.8, 4) is 11.5 Å². The number of aromatic nitrogens is 4. The van der Waals surface area contributed by atoms with Crippen molar-refractivity contribution in [3.05, 3.63) is 29.4 Å². The van der Waals surface area contributed by atoms with Crippen molar-refractivity contribution in [1.82, 2.24) is 19.5 Å². The van der Waals surface area contributed by atoms with Crippen LogP contribution in [0.5, 0.6) is 0 Å². The van der Waals surface area contributed by atoms with Gasteiger partial charge in [0.1, 0.15) is 17.0 Å². The fourth-order valence-electron chi connectivity index (χ4n) is 1.63. The van der Waals surface area contributed by atoms with Gasteiger partial charge in [-0.15, -0.1) is 0 Å². The van der Waals surface area contributed by atoms with Gasteiger partial charge in [-0.1, -0.05) is 19.6 Å². The molecule has 108 valence electrons. The van der Waals surface area contributed by atoms with Gasteiger partial charge in [0.15, 0.2) is 5.82 Å². The molecule has 0 bridgehead atoms. The molecule has 7 heteroatoms. The molecule has 0 radical (unpaired) electrons. The second-order valence-corrected chi connectivity index (χ2v) is 12.2. The van der Waals surface area contributed by atoms with Gasteiger partial charge in [0.05, 0.1) is 12.4 Å². The first kappa shape index (κ1) is 15.3. The smallest absolute Gasteiger partial charge is 0.163 e. The van der Waals surface area contributed by atoms with Gasteiger partial charge in [0.2, 0.25) is 0 Å². The van der Waals surface area contributed by atoms with Crippen molar-refractivity contribution < 1.29 is 4.74 Å². The number of ether oxygens (including phenoxy) is 1. The second kappa shape index (κ2) is 6.60. The summed E-state index contributed by atoms with van der Waals surface area (Å²) in [5.41, 5.74) is 0.743. The van der Waals surface area contributed by atoms with Gasteiger partial charge in [-0.2, -0.15) is 0 Å². The van der Waals surface area contributed by atoms with Crippen molar-refractivity contribution >= 4 is 24.0 Å². The maximum atomic E-state index is 5.78. The molecule has 20 heavy (non-hydrogen) atoms. The lowest BCUT2D eigenvalue weighted by atomic mass is 10.4. The van der Waals surface area contributed by atoms with Gasteiger partial charge in [0.25, 0.3) is 0 Å². The van der Waals surface area contributed by atoms with Crippen molar-refractivity contribution in [2.24, 2.45) is 0 Å². The van der Waals surface area contributed by atoms with Crippen LogP contribution in [0.15, 0.2) is 29.4 Å². The lowest BCUT2D eigenvalue weighted by Crippen LogP contribution is -2.22. The molecule has 0 fully saturated rings. The number of imidazole rings is 1. The summed E-state index contributed by atoms with van der Waals surface area (Å²) in [5, 5.41) is 0. The Morgan fingerprint density at radius 2 is 2.00 bits per heavy atom. The molecule has 0 saturated carbocycles. The topological polar surface area (TPSA) is 52.8 Å². The zero-order valence-corrected chi connectivity index (χ0v) is 14.6. The van der Waals surface area contributed by atoms with Crippen molar-refractivity contribution in [1.29, 1.82) is 0 Å². The molecule has 2 rings (SSSR count). The molecule has 0 atom stereocenters. The zero-order valence-electron chi connectivity index (χ0n) is 12.0. The van der Waals surface area contributed by atoms with Crippen LogP contribution in [0.3, 0.4) is 0 Å². The fourth-order valence-corrected chi connectivity index (χ4v) is 2.76. The van der Waals surface area contributed by atoms with E-state index >= 15 is 0 Å². The van der Waals surface area contributed by atoms with Gasteiger partial charge >= 0.3 is 0 Å². The Morgan fingerprint density at radius 1 is 1.20 bits per heavy atom. The lowest BCUT2D eigenvalue weighted by Gasteiger charge is -2.16. The molecule has 0 aliphatic heterocycles. The molecule has 0 saturated heterocycles. The van der Waals surface area contributed by atoms with Gasteiger partial charge in [-0.3, -0.25) is 9.55 Å². The first-order chi connectivity index (χ1) is 9.47. The van der Waals surface area contributed by atoms with E-state index in [0.29, 0.717) is 6.73 Å². The summed E-state index contributed by atoms with van der Waals surface area (Å²) in [6.45, 7) is 8.27. The van der Waals surface area contributed by atoms with Gasteiger partial charge in [-0.25, -0.2) is 9.97 Å². The van der Waals surface area contributed by atoms with Crippen LogP contribution in [0, 0.1) is 0 Å². The number of hydrogen-bond acceptors (Lipinski definition) is 4. The standard InChI is InChI=1S/C13H19BrN4OSi/c1-20(2,3)7-6-19-10-18-12(14)9-17-13(18)11-8-15-4-5-16-11/h4-5,8-9H,6-7,10H2,1-3H3. The molecule has 5 nitrogen and oxygen atoms in total. The molecule has 2 aromatic rings. The van der Waals surface area contributed by atoms with Crippen molar-refractivity contribution in [2.45, 2.75) is 32.4 Å². The van der Waals surface area contributed by atoms with E-state index in [9.17, 15) is 0 Å². The van der Waals surface area contributed by atoms with Gasteiger partial charge in [0, 0.05) is 27.1 Å². The van der Waals surface area contributed by atoms with Crippen LogP contribution in [-0.4, -0.2) is 34.2 Å². The van der Waals surface area contributed by atoms with Crippen LogP contribution in [0.25, 0.3) is 11.5 Å². The first-order valence-corrected chi connectivity index (χ1v) is 11.0. The molecule has 0 aliphatic carbocycles. The van der Waals surface area contributed by atoms with E-state index in [1.807, 2.05) is 4.57 Å². The molecule has 0 amide bonds. The van der Waals surface area contributed by atoms with Crippen LogP contribution in [-0.2, 0) is 11.5 Å². The first-order valence-electron chi connectivity index (χ1n) is 6.52. The molecular weight excluding hydrogens is 336 g/mol. The highest BCUT2D eigenvalue weighted by Crippen LogP contribution is 2.20. The molecule has 2 aromatic heterocycles. The third-order valence-electron chi connectivity index (χ3n) is 2.82. The highest BCUT2D eigenvalue weighted by Gasteiger charge is 2.14. The number of rotatable bonds is 6. The Kier molecular flexibility index (Phi) is 5.06. The Balaban J connectivity index is 2.03. The van der Waals surface area contributed by atoms with E-state index < -0.39 is 8.07 Å². The van der Waals surface area contributed by atoms with E-state index in [0.717, 1.165) is 28.8 Å². The Labute approximate surface area is 128 Å². The number of nitrogens with zero attached hydrogens (tertiary/aromatic N) is 4. The SMILES string of the molecule is C[Si](C)(C)CCOCn1c(Br)cnc1-c1cnccn1. The highest BCUT2D eigenvalue weighted by molar-refractivity contribution is 9.10. The molecule has 0 aromatic carbocycles. The Hall–Kier alpha value is -1.05. The third kappa shape index (κ3) is 4.22. The van der Waals surface area contributed by atoms with E-state index in [1.54, 1.807) is 24.8 Å². The van der Waals surface area contributed by atoms with Crippen LogP contribution in [0.4, 0.5) is 0 Å². The van der Waals surface area contributed by atoms with Gasteiger partial charge < -0.3 is 4.74 Å². The summed E-state index contributed by atoms with van der Waals surface area (Å²) < 4.78 is 8.61. The van der Waals surface area contributed by atoms with Crippen molar-refractivity contribution in [3.63, 3.8) is 0 Å². The molecular formula is C13H19BrN4OSi. The van der Waals surface area contributed by atoms with E-state index in [-0.39, 0.29) is 0 Å². The average molecular weight is 355 g/mol. The maximum absolute atomic E-state index is 5.78. The molecule has 0 aliphatic rings. The molecule has 2 heterocycles. The second-order valence-electron chi connectivity index (χ2n) is 5.77. The summed E-state index contributed by atoms with van der Waals surface area (Å²) >= 11 is 3.49. The van der Waals surface area contributed by atoms with Crippen LogP contribution in [0.1, 0.15) is 0 Å². The highest BCUT2D eigenvalue weighted by atomic mass is 79.9. The van der Waals surface area contributed by atoms with Crippen LogP contribution >= 0.6 is 15.9 Å². The largest absolute Gasteiger partial charge is 0.361 e. The Morgan fingerprint density at radius 3 is 2.65 bits per heavy atom. The minimum absolute atomic E-state index is 0.469. The summed E-state index contributed by atoms with van der Waals surface area (Å²) in [6.07, 6.45) is 6.77. The zero-order chi connectivity index (χ0) is 14.6. The minimum Gasteiger partial charge on any atom is -0.361 e. The van der Waals surface area contributed by atoms with E-state index in [4.69, 9.17) is 4.74 Å².